The third-order valence-electron chi connectivity index (χ3n) is 3.90. The monoisotopic (exact) mass is 306 g/mol. The first-order chi connectivity index (χ1) is 10.00. The molecular weight excluding hydrogens is 288 g/mol. The molecule has 0 amide bonds. The fourth-order valence-electron chi connectivity index (χ4n) is 2.69. The van der Waals surface area contributed by atoms with Crippen LogP contribution in [0.1, 0.15) is 6.42 Å². The van der Waals surface area contributed by atoms with Crippen LogP contribution in [0, 0.1) is 0 Å². The Bertz CT molecular complexity index is 776. The molecule has 1 unspecified atom stereocenters. The van der Waals surface area contributed by atoms with E-state index in [1.807, 2.05) is 36.2 Å². The molecule has 0 bridgehead atoms. The fraction of sp³-hybridized carbons (Fsp3) is 0.429. The molecule has 2 aromatic rings. The highest BCUT2D eigenvalue weighted by molar-refractivity contribution is 7.91. The zero-order valence-electron chi connectivity index (χ0n) is 12.1. The maximum absolute atomic E-state index is 11.7. The van der Waals surface area contributed by atoms with Crippen molar-refractivity contribution < 1.29 is 8.42 Å². The van der Waals surface area contributed by atoms with Crippen LogP contribution in [0.25, 0.3) is 10.9 Å². The lowest BCUT2D eigenvalue weighted by atomic mass is 10.2. The molecule has 0 saturated carbocycles. The largest absolute Gasteiger partial charge is 0.357 e. The van der Waals surface area contributed by atoms with E-state index in [0.29, 0.717) is 12.4 Å². The van der Waals surface area contributed by atoms with Crippen molar-refractivity contribution in [1.29, 1.82) is 0 Å². The standard InChI is InChI=1S/C14H18N4O2S/c1-15-14-16-12-6-4-3-5-11(12)13(17-14)18(2)10-7-8-21(19,20)9-10/h3-6,10H,7-9H2,1-2H3,(H,15,16,17). The van der Waals surface area contributed by atoms with E-state index in [2.05, 4.69) is 15.3 Å². The van der Waals surface area contributed by atoms with Gasteiger partial charge in [0, 0.05) is 25.5 Å². The van der Waals surface area contributed by atoms with Crippen LogP contribution in [0.4, 0.5) is 11.8 Å². The molecule has 2 heterocycles. The van der Waals surface area contributed by atoms with Gasteiger partial charge in [-0.15, -0.1) is 0 Å². The average Bonchev–Trinajstić information content (AvgIpc) is 2.85. The van der Waals surface area contributed by atoms with Crippen molar-refractivity contribution in [2.45, 2.75) is 12.5 Å². The lowest BCUT2D eigenvalue weighted by molar-refractivity contribution is 0.600. The van der Waals surface area contributed by atoms with Crippen molar-refractivity contribution in [2.75, 3.05) is 35.8 Å². The van der Waals surface area contributed by atoms with Crippen LogP contribution in [0.5, 0.6) is 0 Å². The summed E-state index contributed by atoms with van der Waals surface area (Å²) < 4.78 is 23.4. The van der Waals surface area contributed by atoms with E-state index in [1.165, 1.54) is 0 Å². The second kappa shape index (κ2) is 5.14. The molecule has 1 atom stereocenters. The third kappa shape index (κ3) is 2.65. The zero-order chi connectivity index (χ0) is 15.0. The first-order valence-corrected chi connectivity index (χ1v) is 8.70. The number of rotatable bonds is 3. The first-order valence-electron chi connectivity index (χ1n) is 6.88. The van der Waals surface area contributed by atoms with Crippen molar-refractivity contribution in [3.8, 4) is 0 Å². The quantitative estimate of drug-likeness (QED) is 0.921. The first kappa shape index (κ1) is 14.1. The van der Waals surface area contributed by atoms with E-state index in [9.17, 15) is 8.42 Å². The third-order valence-corrected chi connectivity index (χ3v) is 5.65. The van der Waals surface area contributed by atoms with Gasteiger partial charge in [0.05, 0.1) is 17.0 Å². The summed E-state index contributed by atoms with van der Waals surface area (Å²) in [7, 11) is 0.756. The Morgan fingerprint density at radius 2 is 2.05 bits per heavy atom. The van der Waals surface area contributed by atoms with Gasteiger partial charge in [0.1, 0.15) is 5.82 Å². The van der Waals surface area contributed by atoms with Gasteiger partial charge in [0.25, 0.3) is 0 Å². The number of anilines is 2. The van der Waals surface area contributed by atoms with Crippen LogP contribution in [-0.2, 0) is 9.84 Å². The van der Waals surface area contributed by atoms with E-state index >= 15 is 0 Å². The number of hydrogen-bond acceptors (Lipinski definition) is 6. The Morgan fingerprint density at radius 1 is 1.29 bits per heavy atom. The lowest BCUT2D eigenvalue weighted by Crippen LogP contribution is -2.33. The van der Waals surface area contributed by atoms with Crippen molar-refractivity contribution in [1.82, 2.24) is 9.97 Å². The Balaban J connectivity index is 2.06. The molecule has 7 heteroatoms. The van der Waals surface area contributed by atoms with Gasteiger partial charge in [-0.3, -0.25) is 0 Å². The SMILES string of the molecule is CNc1nc(N(C)C2CCS(=O)(=O)C2)c2ccccc2n1. The normalized spacial score (nSPS) is 20.6. The molecule has 1 aliphatic rings. The number of nitrogens with zero attached hydrogens (tertiary/aromatic N) is 3. The summed E-state index contributed by atoms with van der Waals surface area (Å²) in [4.78, 5) is 10.9. The second-order valence-electron chi connectivity index (χ2n) is 5.31. The smallest absolute Gasteiger partial charge is 0.224 e. The topological polar surface area (TPSA) is 75.2 Å². The van der Waals surface area contributed by atoms with Gasteiger partial charge >= 0.3 is 0 Å². The molecule has 1 aliphatic heterocycles. The van der Waals surface area contributed by atoms with Gasteiger partial charge in [0.2, 0.25) is 5.95 Å². The molecule has 21 heavy (non-hydrogen) atoms. The Kier molecular flexibility index (Phi) is 3.44. The molecule has 1 aromatic heterocycles. The molecule has 0 aliphatic carbocycles. The summed E-state index contributed by atoms with van der Waals surface area (Å²) in [5, 5.41) is 3.89. The molecule has 0 spiro atoms. The fourth-order valence-corrected chi connectivity index (χ4v) is 4.47. The van der Waals surface area contributed by atoms with Crippen molar-refractivity contribution in [3.63, 3.8) is 0 Å². The van der Waals surface area contributed by atoms with Crippen LogP contribution in [0.2, 0.25) is 0 Å². The summed E-state index contributed by atoms with van der Waals surface area (Å²) >= 11 is 0. The van der Waals surface area contributed by atoms with Crippen molar-refractivity contribution in [2.24, 2.45) is 0 Å². The molecule has 1 N–H and O–H groups in total. The highest BCUT2D eigenvalue weighted by Gasteiger charge is 2.32. The van der Waals surface area contributed by atoms with E-state index < -0.39 is 9.84 Å². The number of fused-ring (bicyclic) bond motifs is 1. The Morgan fingerprint density at radius 3 is 2.71 bits per heavy atom. The van der Waals surface area contributed by atoms with Gasteiger partial charge < -0.3 is 10.2 Å². The molecule has 112 valence electrons. The number of para-hydroxylation sites is 1. The van der Waals surface area contributed by atoms with Crippen LogP contribution in [0.3, 0.4) is 0 Å². The minimum absolute atomic E-state index is 0.0296. The van der Waals surface area contributed by atoms with Crippen LogP contribution in [0.15, 0.2) is 24.3 Å². The Labute approximate surface area is 124 Å². The number of nitrogens with one attached hydrogen (secondary N) is 1. The van der Waals surface area contributed by atoms with Crippen LogP contribution < -0.4 is 10.2 Å². The summed E-state index contributed by atoms with van der Waals surface area (Å²) in [6.45, 7) is 0. The zero-order valence-corrected chi connectivity index (χ0v) is 12.9. The minimum Gasteiger partial charge on any atom is -0.357 e. The molecule has 1 saturated heterocycles. The predicted molar refractivity (Wildman–Crippen MR) is 84.5 cm³/mol. The lowest BCUT2D eigenvalue weighted by Gasteiger charge is -2.26. The summed E-state index contributed by atoms with van der Waals surface area (Å²) in [6, 6.07) is 7.73. The summed E-state index contributed by atoms with van der Waals surface area (Å²) in [5.74, 6) is 1.75. The average molecular weight is 306 g/mol. The highest BCUT2D eigenvalue weighted by atomic mass is 32.2. The van der Waals surface area contributed by atoms with Crippen LogP contribution >= 0.6 is 0 Å². The van der Waals surface area contributed by atoms with Crippen molar-refractivity contribution >= 4 is 32.5 Å². The molecule has 6 nitrogen and oxygen atoms in total. The molecular formula is C14H18N4O2S. The molecule has 0 radical (unpaired) electrons. The number of sulfone groups is 1. The van der Waals surface area contributed by atoms with Gasteiger partial charge in [-0.1, -0.05) is 12.1 Å². The van der Waals surface area contributed by atoms with Gasteiger partial charge in [-0.05, 0) is 18.6 Å². The van der Waals surface area contributed by atoms with E-state index in [1.54, 1.807) is 7.05 Å². The van der Waals surface area contributed by atoms with E-state index in [4.69, 9.17) is 0 Å². The van der Waals surface area contributed by atoms with Gasteiger partial charge in [0.15, 0.2) is 9.84 Å². The Hall–Kier alpha value is -1.89. The van der Waals surface area contributed by atoms with Crippen LogP contribution in [-0.4, -0.2) is 50.0 Å². The molecule has 3 rings (SSSR count). The molecule has 1 aromatic carbocycles. The minimum atomic E-state index is -2.92. The number of benzene rings is 1. The van der Waals surface area contributed by atoms with E-state index in [0.717, 1.165) is 16.7 Å². The molecule has 1 fully saturated rings. The van der Waals surface area contributed by atoms with Gasteiger partial charge in [-0.2, -0.15) is 4.98 Å². The maximum atomic E-state index is 11.7. The number of aromatic nitrogens is 2. The number of hydrogen-bond donors (Lipinski definition) is 1. The second-order valence-corrected chi connectivity index (χ2v) is 7.53. The van der Waals surface area contributed by atoms with E-state index in [-0.39, 0.29) is 17.5 Å². The predicted octanol–water partition coefficient (Wildman–Crippen LogP) is 1.29. The van der Waals surface area contributed by atoms with Crippen molar-refractivity contribution in [3.05, 3.63) is 24.3 Å². The maximum Gasteiger partial charge on any atom is 0.224 e. The summed E-state index contributed by atoms with van der Waals surface area (Å²) in [5.41, 5.74) is 0.847. The summed E-state index contributed by atoms with van der Waals surface area (Å²) in [6.07, 6.45) is 0.645. The van der Waals surface area contributed by atoms with Gasteiger partial charge in [-0.25, -0.2) is 13.4 Å². The highest BCUT2D eigenvalue weighted by Crippen LogP contribution is 2.28.